The number of sulfonamides is 1. The molecule has 1 aliphatic carbocycles. The van der Waals surface area contributed by atoms with Crippen molar-refractivity contribution in [2.45, 2.75) is 50.6 Å². The fourth-order valence-electron chi connectivity index (χ4n) is 7.13. The van der Waals surface area contributed by atoms with Crippen LogP contribution in [0.5, 0.6) is 5.88 Å². The summed E-state index contributed by atoms with van der Waals surface area (Å²) in [5, 5.41) is 15.2. The van der Waals surface area contributed by atoms with E-state index in [0.717, 1.165) is 24.8 Å². The number of hydrogen-bond acceptors (Lipinski definition) is 15. The average molecular weight is 790 g/mol. The van der Waals surface area contributed by atoms with Gasteiger partial charge in [-0.2, -0.15) is 18.2 Å². The van der Waals surface area contributed by atoms with Crippen LogP contribution in [0.25, 0.3) is 10.9 Å². The Morgan fingerprint density at radius 2 is 1.65 bits per heavy atom. The molecule has 7 rings (SSSR count). The highest BCUT2D eigenvalue weighted by molar-refractivity contribution is 7.92. The molecular formula is C34H44F3N12O5S-. The van der Waals surface area contributed by atoms with Crippen molar-refractivity contribution in [1.29, 1.82) is 0 Å². The van der Waals surface area contributed by atoms with Crippen LogP contribution in [-0.4, -0.2) is 126 Å². The van der Waals surface area contributed by atoms with Gasteiger partial charge in [0.1, 0.15) is 11.9 Å². The fraction of sp³-hybridized carbons (Fsp3) is 0.559. The molecule has 4 aromatic heterocycles. The molecule has 1 saturated carbocycles. The second-order valence-electron chi connectivity index (χ2n) is 14.0. The van der Waals surface area contributed by atoms with Crippen molar-refractivity contribution in [3.05, 3.63) is 47.8 Å². The van der Waals surface area contributed by atoms with E-state index < -0.39 is 22.7 Å². The first-order chi connectivity index (χ1) is 26.3. The van der Waals surface area contributed by atoms with Crippen LogP contribution >= 0.6 is 0 Å². The zero-order valence-corrected chi connectivity index (χ0v) is 31.4. The number of piperazine rings is 1. The number of pyridine rings is 2. The number of aromatic nitrogens is 6. The van der Waals surface area contributed by atoms with Gasteiger partial charge >= 0.3 is 6.18 Å². The molecule has 6 heterocycles. The van der Waals surface area contributed by atoms with Gasteiger partial charge in [0.2, 0.25) is 21.9 Å². The van der Waals surface area contributed by atoms with E-state index in [1.165, 1.54) is 26.2 Å². The fourth-order valence-corrected chi connectivity index (χ4v) is 7.98. The normalized spacial score (nSPS) is 20.1. The third-order valence-electron chi connectivity index (χ3n) is 10.2. The molecule has 0 amide bonds. The molecular weight excluding hydrogens is 746 g/mol. The molecule has 0 spiro atoms. The molecule has 21 heteroatoms. The van der Waals surface area contributed by atoms with Crippen LogP contribution in [0.4, 0.5) is 42.3 Å². The molecule has 0 atom stereocenters. The number of nitrogens with zero attached hydrogens (tertiary/aromatic N) is 10. The van der Waals surface area contributed by atoms with Gasteiger partial charge in [-0.3, -0.25) is 14.2 Å². The molecule has 3 aliphatic rings. The molecule has 3 fully saturated rings. The van der Waals surface area contributed by atoms with Crippen molar-refractivity contribution >= 4 is 50.0 Å². The van der Waals surface area contributed by atoms with Gasteiger partial charge in [-0.1, -0.05) is 0 Å². The van der Waals surface area contributed by atoms with Gasteiger partial charge in [-0.15, -0.1) is 0 Å². The molecule has 2 aliphatic heterocycles. The molecule has 4 aromatic rings. The highest BCUT2D eigenvalue weighted by atomic mass is 32.2. The highest BCUT2D eigenvalue weighted by Crippen LogP contribution is 2.34. The van der Waals surface area contributed by atoms with Crippen molar-refractivity contribution in [1.82, 2.24) is 34.4 Å². The number of alkyl halides is 3. The number of fused-ring (bicyclic) bond motifs is 1. The zero-order valence-electron chi connectivity index (χ0n) is 30.6. The maximum Gasteiger partial charge on any atom is 0.401 e. The van der Waals surface area contributed by atoms with Crippen molar-refractivity contribution in [3.63, 3.8) is 0 Å². The first kappa shape index (κ1) is 38.5. The number of ether oxygens (including phenoxy) is 2. The maximum absolute atomic E-state index is 13.1. The summed E-state index contributed by atoms with van der Waals surface area (Å²) < 4.78 is 79.4. The number of halogens is 3. The topological polar surface area (TPSA) is 182 Å². The van der Waals surface area contributed by atoms with E-state index in [9.17, 15) is 26.8 Å². The summed E-state index contributed by atoms with van der Waals surface area (Å²) in [6.45, 7) is 3.03. The van der Waals surface area contributed by atoms with Crippen molar-refractivity contribution < 1.29 is 31.1 Å². The Hall–Kier alpha value is -4.73. The van der Waals surface area contributed by atoms with Crippen LogP contribution in [-0.2, 0) is 28.4 Å². The summed E-state index contributed by atoms with van der Waals surface area (Å²) >= 11 is 0. The number of nitrogens with one attached hydrogen (secondary N) is 2. The minimum Gasteiger partial charge on any atom is -0.759 e. The zero-order chi connectivity index (χ0) is 38.7. The SMILES string of the molecule is Cn1c(CN(c2cnc3cc(N4CCOCC4)nc(OC4CCC(Nc5ncc(N6CCN(CC(F)(F)F)CC6)cn5)CC4)c3c2)S(C)(=O)=O)cnc1N[O-]. The molecule has 0 unspecified atom stereocenters. The van der Waals surface area contributed by atoms with Gasteiger partial charge < -0.3 is 39.8 Å². The van der Waals surface area contributed by atoms with E-state index in [4.69, 9.17) is 14.5 Å². The van der Waals surface area contributed by atoms with Crippen molar-refractivity contribution in [3.8, 4) is 5.88 Å². The minimum absolute atomic E-state index is 0.0588. The first-order valence-electron chi connectivity index (χ1n) is 18.1. The molecule has 0 bridgehead atoms. The molecule has 17 nitrogen and oxygen atoms in total. The van der Waals surface area contributed by atoms with Gasteiger partial charge in [0, 0.05) is 58.4 Å². The van der Waals surface area contributed by atoms with Crippen molar-refractivity contribution in [2.24, 2.45) is 7.05 Å². The summed E-state index contributed by atoms with van der Waals surface area (Å²) in [6, 6.07) is 3.69. The third-order valence-corrected chi connectivity index (χ3v) is 11.3. The lowest BCUT2D eigenvalue weighted by Gasteiger charge is -2.36. The average Bonchev–Trinajstić information content (AvgIpc) is 3.52. The van der Waals surface area contributed by atoms with Crippen LogP contribution in [0.1, 0.15) is 31.4 Å². The number of rotatable bonds is 12. The predicted molar refractivity (Wildman–Crippen MR) is 201 cm³/mol. The Kier molecular flexibility index (Phi) is 11.3. The lowest BCUT2D eigenvalue weighted by atomic mass is 9.93. The second kappa shape index (κ2) is 16.2. The Morgan fingerprint density at radius 1 is 0.945 bits per heavy atom. The Bertz CT molecular complexity index is 2030. The van der Waals surface area contributed by atoms with Crippen LogP contribution in [0.2, 0.25) is 0 Å². The van der Waals surface area contributed by atoms with Gasteiger partial charge in [0.15, 0.2) is 5.95 Å². The quantitative estimate of drug-likeness (QED) is 0.199. The molecule has 2 saturated heterocycles. The molecule has 2 N–H and O–H groups in total. The van der Waals surface area contributed by atoms with E-state index in [-0.39, 0.29) is 24.6 Å². The van der Waals surface area contributed by atoms with E-state index in [2.05, 4.69) is 30.2 Å². The molecule has 298 valence electrons. The second-order valence-corrected chi connectivity index (χ2v) is 15.9. The van der Waals surface area contributed by atoms with E-state index in [0.29, 0.717) is 105 Å². The van der Waals surface area contributed by atoms with Crippen LogP contribution in [0, 0.1) is 5.21 Å². The van der Waals surface area contributed by atoms with E-state index in [1.807, 2.05) is 11.0 Å². The van der Waals surface area contributed by atoms with Gasteiger partial charge in [0.25, 0.3) is 0 Å². The standard InChI is InChI=1S/C34H44F3N12O5S/c1-45-26(20-41-33(45)44-50)21-49(55(2,51)52)24-15-28-29(38-17-24)16-30(48-11-13-53-14-12-48)43-31(28)54-27-5-3-23(4-6-27)42-32-39-18-25(19-40-32)47-9-7-46(8-10-47)22-34(35,36)37/h15-20,23,27H,3-14,21-22H2,1-2H3,(H2-,39,40,41,42,44,50)/q-1. The van der Waals surface area contributed by atoms with Crippen LogP contribution in [0.3, 0.4) is 0 Å². The van der Waals surface area contributed by atoms with Gasteiger partial charge in [0.05, 0.1) is 85.3 Å². The highest BCUT2D eigenvalue weighted by Gasteiger charge is 2.32. The maximum atomic E-state index is 13.1. The monoisotopic (exact) mass is 789 g/mol. The van der Waals surface area contributed by atoms with Crippen molar-refractivity contribution in [2.75, 3.05) is 90.2 Å². The first-order valence-corrected chi connectivity index (χ1v) is 20.0. The van der Waals surface area contributed by atoms with E-state index >= 15 is 0 Å². The summed E-state index contributed by atoms with van der Waals surface area (Å²) in [6.07, 6.45) is 6.04. The Morgan fingerprint density at radius 3 is 2.29 bits per heavy atom. The summed E-state index contributed by atoms with van der Waals surface area (Å²) in [5.74, 6) is 1.59. The number of hydrogen-bond donors (Lipinski definition) is 2. The molecule has 0 aromatic carbocycles. The number of imidazole rings is 1. The van der Waals surface area contributed by atoms with Crippen LogP contribution in [0.15, 0.2) is 36.9 Å². The summed E-state index contributed by atoms with van der Waals surface area (Å²) in [4.78, 5) is 28.1. The minimum atomic E-state index is -4.21. The van der Waals surface area contributed by atoms with E-state index in [1.54, 1.807) is 31.0 Å². The third kappa shape index (κ3) is 9.39. The summed E-state index contributed by atoms with van der Waals surface area (Å²) in [5.41, 5.74) is 3.92. The smallest absolute Gasteiger partial charge is 0.401 e. The number of anilines is 5. The number of morpholine rings is 1. The molecule has 0 radical (unpaired) electrons. The Labute approximate surface area is 316 Å². The predicted octanol–water partition coefficient (Wildman–Crippen LogP) is 3.35. The van der Waals surface area contributed by atoms with Crippen LogP contribution < -0.4 is 29.6 Å². The Balaban J connectivity index is 1.03. The summed E-state index contributed by atoms with van der Waals surface area (Å²) in [7, 11) is -2.18. The van der Waals surface area contributed by atoms with Gasteiger partial charge in [-0.25, -0.2) is 23.4 Å². The lowest BCUT2D eigenvalue weighted by molar-refractivity contribution is -0.146. The lowest BCUT2D eigenvalue weighted by Crippen LogP contribution is -2.49. The van der Waals surface area contributed by atoms with Gasteiger partial charge in [-0.05, 0) is 31.7 Å². The largest absolute Gasteiger partial charge is 0.759 e. The molecule has 55 heavy (non-hydrogen) atoms.